The van der Waals surface area contributed by atoms with E-state index < -0.39 is 7.12 Å². The second-order valence-corrected chi connectivity index (χ2v) is 2.85. The fourth-order valence-electron chi connectivity index (χ4n) is 1.21. The van der Waals surface area contributed by atoms with Crippen LogP contribution in [0.3, 0.4) is 0 Å². The molecule has 2 rings (SSSR count). The number of fused-ring (bicyclic) bond motifs is 1. The van der Waals surface area contributed by atoms with Gasteiger partial charge in [-0.2, -0.15) is 0 Å². The van der Waals surface area contributed by atoms with Crippen LogP contribution in [0, 0.1) is 0 Å². The lowest BCUT2D eigenvalue weighted by Gasteiger charge is -2.00. The van der Waals surface area contributed by atoms with E-state index in [1.165, 1.54) is 24.4 Å². The Hall–Kier alpha value is -1.66. The third-order valence-electron chi connectivity index (χ3n) is 1.90. The molecular formula is C8H7BN2O3. The molecule has 0 saturated carbocycles. The molecule has 2 heterocycles. The summed E-state index contributed by atoms with van der Waals surface area (Å²) in [5.41, 5.74) is 0.313. The van der Waals surface area contributed by atoms with Crippen molar-refractivity contribution >= 4 is 23.7 Å². The molecule has 0 bridgehead atoms. The highest BCUT2D eigenvalue weighted by molar-refractivity contribution is 6.57. The molecule has 0 aliphatic heterocycles. The van der Waals surface area contributed by atoms with E-state index in [1.807, 2.05) is 0 Å². The maximum absolute atomic E-state index is 11.3. The Kier molecular flexibility index (Phi) is 2.07. The van der Waals surface area contributed by atoms with Crippen LogP contribution >= 0.6 is 0 Å². The van der Waals surface area contributed by atoms with Crippen molar-refractivity contribution in [3.63, 3.8) is 0 Å². The van der Waals surface area contributed by atoms with Gasteiger partial charge in [0.2, 0.25) is 0 Å². The van der Waals surface area contributed by atoms with E-state index in [0.29, 0.717) is 11.0 Å². The van der Waals surface area contributed by atoms with Gasteiger partial charge in [0.05, 0.1) is 11.0 Å². The van der Waals surface area contributed by atoms with Crippen LogP contribution in [0.1, 0.15) is 0 Å². The number of rotatable bonds is 1. The molecule has 0 radical (unpaired) electrons. The first-order chi connectivity index (χ1) is 6.68. The highest BCUT2D eigenvalue weighted by Gasteiger charge is 2.13. The number of hydrogen-bond acceptors (Lipinski definition) is 4. The highest BCUT2D eigenvalue weighted by atomic mass is 16.4. The first-order valence-corrected chi connectivity index (χ1v) is 4.03. The summed E-state index contributed by atoms with van der Waals surface area (Å²) in [5.74, 6) is 0. The van der Waals surface area contributed by atoms with Crippen molar-refractivity contribution in [2.45, 2.75) is 0 Å². The zero-order chi connectivity index (χ0) is 10.1. The number of pyridine rings is 2. The Labute approximate surface area is 79.2 Å². The van der Waals surface area contributed by atoms with Crippen molar-refractivity contribution < 1.29 is 10.0 Å². The third-order valence-corrected chi connectivity index (χ3v) is 1.90. The fraction of sp³-hybridized carbons (Fsp3) is 0. The molecular weight excluding hydrogens is 183 g/mol. The summed E-state index contributed by atoms with van der Waals surface area (Å²) >= 11 is 0. The Morgan fingerprint density at radius 1 is 1.29 bits per heavy atom. The van der Waals surface area contributed by atoms with Crippen LogP contribution in [0.4, 0.5) is 0 Å². The summed E-state index contributed by atoms with van der Waals surface area (Å²) in [4.78, 5) is 17.9. The minimum absolute atomic E-state index is 0.111. The van der Waals surface area contributed by atoms with Gasteiger partial charge >= 0.3 is 7.12 Å². The number of nitrogens with zero attached hydrogens (tertiary/aromatic N) is 1. The molecule has 0 aromatic carbocycles. The Bertz CT molecular complexity index is 523. The van der Waals surface area contributed by atoms with Gasteiger partial charge in [0.15, 0.2) is 5.43 Å². The van der Waals surface area contributed by atoms with E-state index in [0.717, 1.165) is 0 Å². The van der Waals surface area contributed by atoms with Crippen LogP contribution < -0.4 is 11.0 Å². The molecule has 2 aromatic heterocycles. The normalized spacial score (nSPS) is 10.4. The Balaban J connectivity index is 2.74. The van der Waals surface area contributed by atoms with E-state index in [4.69, 9.17) is 10.0 Å². The lowest BCUT2D eigenvalue weighted by Crippen LogP contribution is -2.32. The van der Waals surface area contributed by atoms with Gasteiger partial charge in [-0.05, 0) is 12.1 Å². The van der Waals surface area contributed by atoms with Crippen LogP contribution in [-0.2, 0) is 0 Å². The van der Waals surface area contributed by atoms with Crippen molar-refractivity contribution in [2.75, 3.05) is 0 Å². The first kappa shape index (κ1) is 8.92. The van der Waals surface area contributed by atoms with Crippen LogP contribution in [0.5, 0.6) is 0 Å². The number of aromatic amines is 1. The minimum Gasteiger partial charge on any atom is -0.422 e. The van der Waals surface area contributed by atoms with E-state index in [2.05, 4.69) is 9.97 Å². The van der Waals surface area contributed by atoms with Gasteiger partial charge in [-0.1, -0.05) is 0 Å². The van der Waals surface area contributed by atoms with Crippen LogP contribution in [-0.4, -0.2) is 27.1 Å². The Morgan fingerprint density at radius 3 is 2.79 bits per heavy atom. The van der Waals surface area contributed by atoms with Gasteiger partial charge in [-0.15, -0.1) is 0 Å². The molecule has 14 heavy (non-hydrogen) atoms. The lowest BCUT2D eigenvalue weighted by molar-refractivity contribution is 0.424. The van der Waals surface area contributed by atoms with E-state index >= 15 is 0 Å². The van der Waals surface area contributed by atoms with Crippen molar-refractivity contribution in [1.29, 1.82) is 0 Å². The summed E-state index contributed by atoms with van der Waals surface area (Å²) in [6, 6.07) is 4.30. The van der Waals surface area contributed by atoms with Crippen LogP contribution in [0.15, 0.2) is 29.2 Å². The minimum atomic E-state index is -1.62. The standard InChI is InChI=1S/C8H7BN2O3/c12-6-3-4-10-8-5(6)1-2-7(11-8)9(13)14/h1-4,13-14H,(H,10,11,12). The monoisotopic (exact) mass is 190 g/mol. The quantitative estimate of drug-likeness (QED) is 0.483. The van der Waals surface area contributed by atoms with Crippen molar-refractivity contribution in [3.05, 3.63) is 34.6 Å². The van der Waals surface area contributed by atoms with Crippen molar-refractivity contribution in [1.82, 2.24) is 9.97 Å². The number of aromatic nitrogens is 2. The molecule has 0 aliphatic carbocycles. The van der Waals surface area contributed by atoms with Gasteiger partial charge < -0.3 is 15.0 Å². The lowest BCUT2D eigenvalue weighted by atomic mass is 9.85. The van der Waals surface area contributed by atoms with Crippen molar-refractivity contribution in [2.24, 2.45) is 0 Å². The number of nitrogens with one attached hydrogen (secondary N) is 1. The SMILES string of the molecule is O=c1cc[nH]c2nc(B(O)O)ccc12. The molecule has 0 spiro atoms. The molecule has 0 fully saturated rings. The zero-order valence-corrected chi connectivity index (χ0v) is 7.14. The molecule has 0 aliphatic rings. The Morgan fingerprint density at radius 2 is 2.07 bits per heavy atom. The van der Waals surface area contributed by atoms with Gasteiger partial charge in [-0.25, -0.2) is 4.98 Å². The predicted octanol–water partition coefficient (Wildman–Crippen LogP) is -1.40. The predicted molar refractivity (Wildman–Crippen MR) is 52.2 cm³/mol. The first-order valence-electron chi connectivity index (χ1n) is 4.03. The van der Waals surface area contributed by atoms with E-state index in [9.17, 15) is 4.79 Å². The number of hydrogen-bond donors (Lipinski definition) is 3. The summed E-state index contributed by atoms with van der Waals surface area (Å²) in [6.45, 7) is 0. The molecule has 6 heteroatoms. The largest absolute Gasteiger partial charge is 0.508 e. The molecule has 2 aromatic rings. The average Bonchev–Trinajstić information content (AvgIpc) is 2.17. The van der Waals surface area contributed by atoms with E-state index in [-0.39, 0.29) is 11.0 Å². The fourth-order valence-corrected chi connectivity index (χ4v) is 1.21. The van der Waals surface area contributed by atoms with E-state index in [1.54, 1.807) is 0 Å². The smallest absolute Gasteiger partial charge is 0.422 e. The number of H-pyrrole nitrogens is 1. The molecule has 5 nitrogen and oxygen atoms in total. The van der Waals surface area contributed by atoms with Crippen LogP contribution in [0.25, 0.3) is 11.0 Å². The van der Waals surface area contributed by atoms with Gasteiger partial charge in [0, 0.05) is 12.3 Å². The summed E-state index contributed by atoms with van der Waals surface area (Å²) in [5, 5.41) is 18.1. The summed E-state index contributed by atoms with van der Waals surface area (Å²) in [6.07, 6.45) is 1.46. The summed E-state index contributed by atoms with van der Waals surface area (Å²) < 4.78 is 0. The van der Waals surface area contributed by atoms with Crippen molar-refractivity contribution in [3.8, 4) is 0 Å². The molecule has 0 unspecified atom stereocenters. The maximum atomic E-state index is 11.3. The topological polar surface area (TPSA) is 86.2 Å². The zero-order valence-electron chi connectivity index (χ0n) is 7.14. The second kappa shape index (κ2) is 3.24. The average molecular weight is 190 g/mol. The molecule has 3 N–H and O–H groups in total. The van der Waals surface area contributed by atoms with Gasteiger partial charge in [0.1, 0.15) is 5.65 Å². The van der Waals surface area contributed by atoms with Crippen LogP contribution in [0.2, 0.25) is 0 Å². The maximum Gasteiger partial charge on any atom is 0.508 e. The molecule has 0 saturated heterocycles. The second-order valence-electron chi connectivity index (χ2n) is 2.85. The van der Waals surface area contributed by atoms with Gasteiger partial charge in [0.25, 0.3) is 0 Å². The molecule has 0 atom stereocenters. The summed E-state index contributed by atoms with van der Waals surface area (Å²) in [7, 11) is -1.62. The third kappa shape index (κ3) is 1.41. The highest BCUT2D eigenvalue weighted by Crippen LogP contribution is 1.99. The molecule has 70 valence electrons. The molecule has 0 amide bonds. The van der Waals surface area contributed by atoms with Gasteiger partial charge in [-0.3, -0.25) is 4.79 Å².